The molecule has 128 valence electrons. The number of aliphatic hydroxyl groups excluding tert-OH is 2. The Hall–Kier alpha value is -0.200. The molecule has 0 aliphatic rings. The third-order valence-electron chi connectivity index (χ3n) is 2.85. The third-order valence-corrected chi connectivity index (χ3v) is 2.85. The van der Waals surface area contributed by atoms with Crippen LogP contribution >= 0.6 is 0 Å². The first kappa shape index (κ1) is 20.8. The number of aliphatic hydroxyl groups is 2. The molecule has 0 saturated heterocycles. The second-order valence-corrected chi connectivity index (χ2v) is 6.33. The van der Waals surface area contributed by atoms with Crippen LogP contribution in [0.4, 0.5) is 0 Å². The lowest BCUT2D eigenvalue weighted by molar-refractivity contribution is -0.0259. The van der Waals surface area contributed by atoms with Gasteiger partial charge in [-0.05, 0) is 24.7 Å². The topological polar surface area (TPSA) is 68.2 Å². The highest BCUT2D eigenvalue weighted by molar-refractivity contribution is 4.57. The molecule has 2 atom stereocenters. The van der Waals surface area contributed by atoms with Crippen LogP contribution in [0.1, 0.15) is 40.5 Å². The molecule has 0 aromatic heterocycles. The van der Waals surface area contributed by atoms with E-state index in [9.17, 15) is 10.2 Å². The summed E-state index contributed by atoms with van der Waals surface area (Å²) in [7, 11) is 0. The normalized spacial score (nSPS) is 14.9. The Kier molecular flexibility index (Phi) is 13.3. The van der Waals surface area contributed by atoms with E-state index in [2.05, 4.69) is 27.7 Å². The summed E-state index contributed by atoms with van der Waals surface area (Å²) in [5.74, 6) is 0.950. The Labute approximate surface area is 129 Å². The molecular formula is C16H34O5. The van der Waals surface area contributed by atoms with Crippen molar-refractivity contribution < 1.29 is 24.4 Å². The van der Waals surface area contributed by atoms with Gasteiger partial charge in [0, 0.05) is 0 Å². The van der Waals surface area contributed by atoms with E-state index < -0.39 is 12.2 Å². The summed E-state index contributed by atoms with van der Waals surface area (Å²) in [6.07, 6.45) is 0.729. The number of rotatable bonds is 14. The number of hydrogen-bond acceptors (Lipinski definition) is 5. The lowest BCUT2D eigenvalue weighted by Gasteiger charge is -2.14. The molecule has 5 nitrogen and oxygen atoms in total. The summed E-state index contributed by atoms with van der Waals surface area (Å²) in [6.45, 7) is 11.0. The van der Waals surface area contributed by atoms with Crippen LogP contribution in [0.2, 0.25) is 0 Å². The zero-order valence-electron chi connectivity index (χ0n) is 14.1. The van der Waals surface area contributed by atoms with Crippen LogP contribution < -0.4 is 0 Å². The minimum absolute atomic E-state index is 0.361. The van der Waals surface area contributed by atoms with Gasteiger partial charge in [0.15, 0.2) is 0 Å². The molecule has 0 amide bonds. The van der Waals surface area contributed by atoms with Crippen molar-refractivity contribution in [1.82, 2.24) is 0 Å². The smallest absolute Gasteiger partial charge is 0.0776 e. The quantitative estimate of drug-likeness (QED) is 0.479. The van der Waals surface area contributed by atoms with E-state index in [0.29, 0.717) is 51.5 Å². The highest BCUT2D eigenvalue weighted by Gasteiger charge is 2.07. The monoisotopic (exact) mass is 306 g/mol. The molecule has 0 aromatic carbocycles. The van der Waals surface area contributed by atoms with Gasteiger partial charge in [0.25, 0.3) is 0 Å². The maximum atomic E-state index is 9.60. The maximum Gasteiger partial charge on any atom is 0.0776 e. The van der Waals surface area contributed by atoms with E-state index in [1.165, 1.54) is 0 Å². The fraction of sp³-hybridized carbons (Fsp3) is 1.00. The molecule has 0 heterocycles. The first-order valence-electron chi connectivity index (χ1n) is 8.01. The minimum atomic E-state index is -0.393. The molecular weight excluding hydrogens is 272 g/mol. The molecule has 0 radical (unpaired) electrons. The predicted octanol–water partition coefficient (Wildman–Crippen LogP) is 1.85. The van der Waals surface area contributed by atoms with Gasteiger partial charge in [0.2, 0.25) is 0 Å². The molecule has 0 saturated carbocycles. The van der Waals surface area contributed by atoms with Crippen LogP contribution in [0, 0.1) is 11.8 Å². The molecule has 0 rings (SSSR count). The predicted molar refractivity (Wildman–Crippen MR) is 83.4 cm³/mol. The average molecular weight is 306 g/mol. The van der Waals surface area contributed by atoms with E-state index in [0.717, 1.165) is 12.8 Å². The molecule has 5 heteroatoms. The molecule has 2 unspecified atom stereocenters. The van der Waals surface area contributed by atoms with Crippen molar-refractivity contribution in [3.63, 3.8) is 0 Å². The average Bonchev–Trinajstić information content (AvgIpc) is 2.34. The van der Waals surface area contributed by atoms with Crippen LogP contribution in [0.25, 0.3) is 0 Å². The van der Waals surface area contributed by atoms with Gasteiger partial charge < -0.3 is 24.4 Å². The van der Waals surface area contributed by atoms with Crippen LogP contribution in [0.15, 0.2) is 0 Å². The molecule has 0 aliphatic heterocycles. The van der Waals surface area contributed by atoms with E-state index in [-0.39, 0.29) is 0 Å². The molecule has 0 fully saturated rings. The zero-order chi connectivity index (χ0) is 16.1. The summed E-state index contributed by atoms with van der Waals surface area (Å²) < 4.78 is 16.0. The Balaban J connectivity index is 3.22. The van der Waals surface area contributed by atoms with Gasteiger partial charge >= 0.3 is 0 Å². The molecule has 2 N–H and O–H groups in total. The third kappa shape index (κ3) is 16.0. The maximum absolute atomic E-state index is 9.60. The van der Waals surface area contributed by atoms with Gasteiger partial charge in [-0.3, -0.25) is 0 Å². The van der Waals surface area contributed by atoms with Gasteiger partial charge in [0.1, 0.15) is 0 Å². The first-order valence-corrected chi connectivity index (χ1v) is 8.01. The largest absolute Gasteiger partial charge is 0.391 e. The van der Waals surface area contributed by atoms with Crippen molar-refractivity contribution in [2.45, 2.75) is 52.7 Å². The first-order chi connectivity index (χ1) is 9.91. The van der Waals surface area contributed by atoms with E-state index in [1.54, 1.807) is 0 Å². The van der Waals surface area contributed by atoms with Gasteiger partial charge in [-0.1, -0.05) is 27.7 Å². The van der Waals surface area contributed by atoms with Crippen LogP contribution in [0.3, 0.4) is 0 Å². The van der Waals surface area contributed by atoms with Gasteiger partial charge in [-0.2, -0.15) is 0 Å². The second kappa shape index (κ2) is 13.5. The Morgan fingerprint density at radius 3 is 1.29 bits per heavy atom. The van der Waals surface area contributed by atoms with Gasteiger partial charge in [-0.15, -0.1) is 0 Å². The molecule has 0 aromatic rings. The van der Waals surface area contributed by atoms with Crippen molar-refractivity contribution in [1.29, 1.82) is 0 Å². The van der Waals surface area contributed by atoms with Crippen LogP contribution in [-0.4, -0.2) is 62.1 Å². The molecule has 21 heavy (non-hydrogen) atoms. The lowest BCUT2D eigenvalue weighted by Crippen LogP contribution is -2.20. The standard InChI is InChI=1S/C16H34O5/c1-13(2)9-15(17)11-20-7-5-19-6-8-21-12-16(18)10-14(3)4/h13-18H,5-12H2,1-4H3. The summed E-state index contributed by atoms with van der Waals surface area (Å²) in [5.41, 5.74) is 0. The second-order valence-electron chi connectivity index (χ2n) is 6.33. The summed E-state index contributed by atoms with van der Waals surface area (Å²) in [6, 6.07) is 0. The highest BCUT2D eigenvalue weighted by atomic mass is 16.5. The Morgan fingerprint density at radius 1 is 0.619 bits per heavy atom. The highest BCUT2D eigenvalue weighted by Crippen LogP contribution is 2.05. The van der Waals surface area contributed by atoms with E-state index >= 15 is 0 Å². The SMILES string of the molecule is CC(C)CC(O)COCCOCCOCC(O)CC(C)C. The molecule has 0 spiro atoms. The number of hydrogen-bond donors (Lipinski definition) is 2. The van der Waals surface area contributed by atoms with Crippen molar-refractivity contribution in [2.24, 2.45) is 11.8 Å². The van der Waals surface area contributed by atoms with Crippen LogP contribution in [-0.2, 0) is 14.2 Å². The van der Waals surface area contributed by atoms with Gasteiger partial charge in [-0.25, -0.2) is 0 Å². The summed E-state index contributed by atoms with van der Waals surface area (Å²) in [4.78, 5) is 0. The summed E-state index contributed by atoms with van der Waals surface area (Å²) >= 11 is 0. The van der Waals surface area contributed by atoms with Crippen molar-refractivity contribution >= 4 is 0 Å². The van der Waals surface area contributed by atoms with Gasteiger partial charge in [0.05, 0.1) is 51.8 Å². The lowest BCUT2D eigenvalue weighted by atomic mass is 10.1. The van der Waals surface area contributed by atoms with E-state index in [1.807, 2.05) is 0 Å². The molecule has 0 bridgehead atoms. The Morgan fingerprint density at radius 2 is 0.952 bits per heavy atom. The minimum Gasteiger partial charge on any atom is -0.391 e. The van der Waals surface area contributed by atoms with Crippen molar-refractivity contribution in [2.75, 3.05) is 39.6 Å². The number of ether oxygens (including phenoxy) is 3. The van der Waals surface area contributed by atoms with E-state index in [4.69, 9.17) is 14.2 Å². The van der Waals surface area contributed by atoms with Crippen molar-refractivity contribution in [3.8, 4) is 0 Å². The van der Waals surface area contributed by atoms with Crippen LogP contribution in [0.5, 0.6) is 0 Å². The van der Waals surface area contributed by atoms with Crippen molar-refractivity contribution in [3.05, 3.63) is 0 Å². The fourth-order valence-corrected chi connectivity index (χ4v) is 2.00. The summed E-state index contributed by atoms with van der Waals surface area (Å²) in [5, 5.41) is 19.2. The Bertz CT molecular complexity index is 199. The fourth-order valence-electron chi connectivity index (χ4n) is 2.00. The zero-order valence-corrected chi connectivity index (χ0v) is 14.1. The molecule has 0 aliphatic carbocycles.